The SMILES string of the molecule is CCCC1CCC(c2ccc(-c3ccc(-c4ccc(OCC)cc4)c(C#N)c3C#N)cc2)CC1. The van der Waals surface area contributed by atoms with E-state index >= 15 is 0 Å². The summed E-state index contributed by atoms with van der Waals surface area (Å²) in [6.45, 7) is 4.84. The van der Waals surface area contributed by atoms with Crippen molar-refractivity contribution in [1.82, 2.24) is 0 Å². The van der Waals surface area contributed by atoms with Gasteiger partial charge >= 0.3 is 0 Å². The van der Waals surface area contributed by atoms with Crippen LogP contribution in [0.25, 0.3) is 22.3 Å². The summed E-state index contributed by atoms with van der Waals surface area (Å²) in [5.41, 5.74) is 5.71. The lowest BCUT2D eigenvalue weighted by Crippen LogP contribution is -2.13. The molecule has 0 N–H and O–H groups in total. The number of nitrogens with zero attached hydrogens (tertiary/aromatic N) is 2. The molecule has 3 nitrogen and oxygen atoms in total. The standard InChI is InChI=1S/C31H32N2O/c1-3-5-22-6-8-23(9-7-22)24-10-12-25(13-11-24)28-18-19-29(31(21-33)30(28)20-32)26-14-16-27(17-15-26)34-4-2/h10-19,22-23H,3-9H2,1-2H3. The molecule has 0 radical (unpaired) electrons. The Morgan fingerprint density at radius 3 is 1.74 bits per heavy atom. The minimum Gasteiger partial charge on any atom is -0.494 e. The highest BCUT2D eigenvalue weighted by Gasteiger charge is 2.22. The first-order chi connectivity index (χ1) is 16.7. The van der Waals surface area contributed by atoms with E-state index in [-0.39, 0.29) is 0 Å². The Labute approximate surface area is 203 Å². The van der Waals surface area contributed by atoms with Crippen LogP contribution in [-0.2, 0) is 0 Å². The molecule has 0 aliphatic heterocycles. The molecule has 1 aliphatic carbocycles. The fourth-order valence-electron chi connectivity index (χ4n) is 5.34. The van der Waals surface area contributed by atoms with E-state index in [4.69, 9.17) is 4.74 Å². The monoisotopic (exact) mass is 448 g/mol. The minimum atomic E-state index is 0.419. The molecule has 4 rings (SSSR count). The molecule has 0 saturated heterocycles. The number of nitriles is 2. The van der Waals surface area contributed by atoms with Gasteiger partial charge in [-0.15, -0.1) is 0 Å². The Morgan fingerprint density at radius 1 is 0.735 bits per heavy atom. The first kappa shape index (κ1) is 23.6. The predicted octanol–water partition coefficient (Wildman–Crippen LogP) is 8.24. The van der Waals surface area contributed by atoms with Crippen molar-refractivity contribution in [1.29, 1.82) is 10.5 Å². The smallest absolute Gasteiger partial charge is 0.119 e. The van der Waals surface area contributed by atoms with Crippen molar-refractivity contribution in [3.8, 4) is 40.1 Å². The van der Waals surface area contributed by atoms with Crippen LogP contribution in [0, 0.1) is 28.6 Å². The maximum atomic E-state index is 9.98. The van der Waals surface area contributed by atoms with Gasteiger partial charge in [0, 0.05) is 11.1 Å². The van der Waals surface area contributed by atoms with Crippen LogP contribution in [0.4, 0.5) is 0 Å². The van der Waals surface area contributed by atoms with E-state index in [2.05, 4.69) is 43.3 Å². The maximum absolute atomic E-state index is 9.98. The van der Waals surface area contributed by atoms with Crippen molar-refractivity contribution in [3.05, 3.63) is 77.4 Å². The van der Waals surface area contributed by atoms with Gasteiger partial charge in [-0.1, -0.05) is 68.3 Å². The third kappa shape index (κ3) is 5.00. The number of benzene rings is 3. The average molecular weight is 449 g/mol. The molecule has 0 bridgehead atoms. The molecule has 0 unspecified atom stereocenters. The van der Waals surface area contributed by atoms with Crippen LogP contribution >= 0.6 is 0 Å². The minimum absolute atomic E-state index is 0.419. The Morgan fingerprint density at radius 2 is 1.26 bits per heavy atom. The van der Waals surface area contributed by atoms with Crippen molar-refractivity contribution in [2.45, 2.75) is 58.3 Å². The van der Waals surface area contributed by atoms with Gasteiger partial charge in [-0.05, 0) is 73.3 Å². The van der Waals surface area contributed by atoms with Gasteiger partial charge < -0.3 is 4.74 Å². The second-order valence-electron chi connectivity index (χ2n) is 9.22. The van der Waals surface area contributed by atoms with E-state index in [1.54, 1.807) is 0 Å². The van der Waals surface area contributed by atoms with Crippen LogP contribution in [0.2, 0.25) is 0 Å². The first-order valence-electron chi connectivity index (χ1n) is 12.5. The lowest BCUT2D eigenvalue weighted by Gasteiger charge is -2.28. The second kappa shape index (κ2) is 11.0. The van der Waals surface area contributed by atoms with Gasteiger partial charge in [0.15, 0.2) is 0 Å². The van der Waals surface area contributed by atoms with E-state index in [9.17, 15) is 10.5 Å². The van der Waals surface area contributed by atoms with Crippen molar-refractivity contribution < 1.29 is 4.74 Å². The Kier molecular flexibility index (Phi) is 7.66. The van der Waals surface area contributed by atoms with E-state index in [0.29, 0.717) is 23.7 Å². The molecule has 0 heterocycles. The fraction of sp³-hybridized carbons (Fsp3) is 0.355. The van der Waals surface area contributed by atoms with Gasteiger partial charge in [0.2, 0.25) is 0 Å². The quantitative estimate of drug-likeness (QED) is 0.366. The zero-order valence-electron chi connectivity index (χ0n) is 20.2. The lowest BCUT2D eigenvalue weighted by atomic mass is 9.77. The summed E-state index contributed by atoms with van der Waals surface area (Å²) in [5.74, 6) is 2.33. The molecule has 0 amide bonds. The van der Waals surface area contributed by atoms with E-state index < -0.39 is 0 Å². The van der Waals surface area contributed by atoms with Crippen molar-refractivity contribution in [2.75, 3.05) is 6.61 Å². The van der Waals surface area contributed by atoms with Crippen LogP contribution in [0.3, 0.4) is 0 Å². The van der Waals surface area contributed by atoms with Gasteiger partial charge in [-0.2, -0.15) is 10.5 Å². The van der Waals surface area contributed by atoms with E-state index in [1.165, 1.54) is 44.1 Å². The van der Waals surface area contributed by atoms with Gasteiger partial charge in [0.1, 0.15) is 17.9 Å². The van der Waals surface area contributed by atoms with Crippen LogP contribution in [-0.4, -0.2) is 6.61 Å². The molecule has 1 fully saturated rings. The van der Waals surface area contributed by atoms with Gasteiger partial charge in [-0.3, -0.25) is 0 Å². The van der Waals surface area contributed by atoms with Gasteiger partial charge in [0.25, 0.3) is 0 Å². The summed E-state index contributed by atoms with van der Waals surface area (Å²) in [5, 5.41) is 19.9. The predicted molar refractivity (Wildman–Crippen MR) is 138 cm³/mol. The summed E-state index contributed by atoms with van der Waals surface area (Å²) in [4.78, 5) is 0. The third-order valence-electron chi connectivity index (χ3n) is 7.14. The summed E-state index contributed by atoms with van der Waals surface area (Å²) < 4.78 is 5.53. The van der Waals surface area contributed by atoms with E-state index in [0.717, 1.165) is 33.9 Å². The fourth-order valence-corrected chi connectivity index (χ4v) is 5.34. The van der Waals surface area contributed by atoms with Gasteiger partial charge in [0.05, 0.1) is 17.7 Å². The average Bonchev–Trinajstić information content (AvgIpc) is 2.89. The van der Waals surface area contributed by atoms with Crippen molar-refractivity contribution >= 4 is 0 Å². The highest BCUT2D eigenvalue weighted by Crippen LogP contribution is 2.39. The van der Waals surface area contributed by atoms with Crippen LogP contribution in [0.5, 0.6) is 5.75 Å². The summed E-state index contributed by atoms with van der Waals surface area (Å²) in [7, 11) is 0. The number of rotatable bonds is 7. The largest absolute Gasteiger partial charge is 0.494 e. The first-order valence-corrected chi connectivity index (χ1v) is 12.5. The highest BCUT2D eigenvalue weighted by molar-refractivity contribution is 5.82. The molecule has 3 heteroatoms. The molecule has 34 heavy (non-hydrogen) atoms. The molecule has 1 saturated carbocycles. The Bertz CT molecular complexity index is 1190. The maximum Gasteiger partial charge on any atom is 0.119 e. The Balaban J connectivity index is 1.60. The normalized spacial score (nSPS) is 17.5. The summed E-state index contributed by atoms with van der Waals surface area (Å²) in [6.07, 6.45) is 7.84. The number of ether oxygens (including phenoxy) is 1. The summed E-state index contributed by atoms with van der Waals surface area (Å²) >= 11 is 0. The third-order valence-corrected chi connectivity index (χ3v) is 7.14. The molecule has 1 aliphatic rings. The van der Waals surface area contributed by atoms with Crippen LogP contribution in [0.1, 0.15) is 75.0 Å². The molecular weight excluding hydrogens is 416 g/mol. The zero-order chi connectivity index (χ0) is 23.9. The van der Waals surface area contributed by atoms with Crippen LogP contribution < -0.4 is 4.74 Å². The molecule has 3 aromatic rings. The molecule has 0 spiro atoms. The second-order valence-corrected chi connectivity index (χ2v) is 9.22. The Hall–Kier alpha value is -3.56. The molecule has 172 valence electrons. The molecule has 0 aromatic heterocycles. The lowest BCUT2D eigenvalue weighted by molar-refractivity contribution is 0.308. The topological polar surface area (TPSA) is 56.8 Å². The molecule has 3 aromatic carbocycles. The summed E-state index contributed by atoms with van der Waals surface area (Å²) in [6, 6.07) is 24.8. The van der Waals surface area contributed by atoms with Crippen molar-refractivity contribution in [3.63, 3.8) is 0 Å². The van der Waals surface area contributed by atoms with Crippen molar-refractivity contribution in [2.24, 2.45) is 5.92 Å². The van der Waals surface area contributed by atoms with E-state index in [1.807, 2.05) is 43.3 Å². The zero-order valence-corrected chi connectivity index (χ0v) is 20.2. The molecular formula is C31H32N2O. The number of hydrogen-bond acceptors (Lipinski definition) is 3. The van der Waals surface area contributed by atoms with Crippen LogP contribution in [0.15, 0.2) is 60.7 Å². The number of hydrogen-bond donors (Lipinski definition) is 0. The highest BCUT2D eigenvalue weighted by atomic mass is 16.5. The van der Waals surface area contributed by atoms with Gasteiger partial charge in [-0.25, -0.2) is 0 Å². The molecule has 0 atom stereocenters.